The summed E-state index contributed by atoms with van der Waals surface area (Å²) in [5.41, 5.74) is 3.07. The highest BCUT2D eigenvalue weighted by Gasteiger charge is 2.25. The SMILES string of the molecule is COc1ccc(CN(Cc2cccc(F)c2)Cc2ccc(C(=O)N3CCN(c4ccc(OC)cc4)CC3)o2)cc1. The molecular formula is C32H34FN3O4. The lowest BCUT2D eigenvalue weighted by Gasteiger charge is -2.35. The number of halogens is 1. The van der Waals surface area contributed by atoms with Crippen LogP contribution in [0.3, 0.4) is 0 Å². The van der Waals surface area contributed by atoms with Crippen molar-refractivity contribution >= 4 is 11.6 Å². The summed E-state index contributed by atoms with van der Waals surface area (Å²) in [4.78, 5) is 19.5. The Labute approximate surface area is 234 Å². The van der Waals surface area contributed by atoms with Gasteiger partial charge >= 0.3 is 0 Å². The maximum atomic E-state index is 13.9. The van der Waals surface area contributed by atoms with Crippen LogP contribution in [-0.2, 0) is 19.6 Å². The Morgan fingerprint density at radius 3 is 2.10 bits per heavy atom. The van der Waals surface area contributed by atoms with Crippen LogP contribution in [0.5, 0.6) is 11.5 Å². The van der Waals surface area contributed by atoms with Crippen molar-refractivity contribution in [1.29, 1.82) is 0 Å². The average Bonchev–Trinajstić information content (AvgIpc) is 3.46. The van der Waals surface area contributed by atoms with Crippen LogP contribution in [0.1, 0.15) is 27.4 Å². The van der Waals surface area contributed by atoms with Gasteiger partial charge in [-0.1, -0.05) is 24.3 Å². The molecule has 0 saturated carbocycles. The minimum Gasteiger partial charge on any atom is -0.497 e. The quantitative estimate of drug-likeness (QED) is 0.260. The molecule has 0 aliphatic carbocycles. The summed E-state index contributed by atoms with van der Waals surface area (Å²) < 4.78 is 30.4. The Bertz CT molecular complexity index is 1400. The van der Waals surface area contributed by atoms with Crippen LogP contribution in [0, 0.1) is 5.82 Å². The third kappa shape index (κ3) is 6.82. The molecular weight excluding hydrogens is 509 g/mol. The van der Waals surface area contributed by atoms with Gasteiger partial charge in [0.05, 0.1) is 20.8 Å². The minimum absolute atomic E-state index is 0.104. The van der Waals surface area contributed by atoms with Crippen LogP contribution >= 0.6 is 0 Å². The Kier molecular flexibility index (Phi) is 8.66. The Morgan fingerprint density at radius 1 is 0.800 bits per heavy atom. The molecule has 0 N–H and O–H groups in total. The standard InChI is InChI=1S/C32H34FN3O4/c1-38-28-10-6-24(7-11-28)21-34(22-25-4-3-5-26(33)20-25)23-30-14-15-31(40-30)32(37)36-18-16-35(17-19-36)27-8-12-29(39-2)13-9-27/h3-15,20H,16-19,21-23H2,1-2H3. The van der Waals surface area contributed by atoms with Crippen LogP contribution < -0.4 is 14.4 Å². The van der Waals surface area contributed by atoms with E-state index in [2.05, 4.69) is 9.80 Å². The lowest BCUT2D eigenvalue weighted by Crippen LogP contribution is -2.48. The number of ether oxygens (including phenoxy) is 2. The van der Waals surface area contributed by atoms with Gasteiger partial charge in [0, 0.05) is 45.0 Å². The number of hydrogen-bond acceptors (Lipinski definition) is 6. The number of furan rings is 1. The number of carbonyl (C=O) groups is 1. The summed E-state index contributed by atoms with van der Waals surface area (Å²) >= 11 is 0. The molecule has 0 spiro atoms. The molecule has 1 aliphatic rings. The lowest BCUT2D eigenvalue weighted by atomic mass is 10.1. The number of benzene rings is 3. The van der Waals surface area contributed by atoms with Crippen molar-refractivity contribution in [2.24, 2.45) is 0 Å². The van der Waals surface area contributed by atoms with Crippen molar-refractivity contribution < 1.29 is 23.1 Å². The molecule has 1 aromatic heterocycles. The number of piperazine rings is 1. The highest BCUT2D eigenvalue weighted by atomic mass is 19.1. The van der Waals surface area contributed by atoms with Crippen LogP contribution in [0.2, 0.25) is 0 Å². The zero-order valence-corrected chi connectivity index (χ0v) is 22.9. The first-order valence-corrected chi connectivity index (χ1v) is 13.4. The molecule has 2 heterocycles. The lowest BCUT2D eigenvalue weighted by molar-refractivity contribution is 0.0710. The largest absolute Gasteiger partial charge is 0.497 e. The zero-order valence-electron chi connectivity index (χ0n) is 22.9. The molecule has 208 valence electrons. The summed E-state index contributed by atoms with van der Waals surface area (Å²) in [7, 11) is 3.30. The van der Waals surface area contributed by atoms with E-state index in [0.717, 1.165) is 41.4 Å². The van der Waals surface area contributed by atoms with E-state index in [9.17, 15) is 9.18 Å². The van der Waals surface area contributed by atoms with E-state index in [1.54, 1.807) is 32.4 Å². The van der Waals surface area contributed by atoms with E-state index in [1.165, 1.54) is 6.07 Å². The van der Waals surface area contributed by atoms with Gasteiger partial charge in [-0.05, 0) is 71.8 Å². The van der Waals surface area contributed by atoms with E-state index >= 15 is 0 Å². The van der Waals surface area contributed by atoms with Gasteiger partial charge < -0.3 is 23.7 Å². The first-order chi connectivity index (χ1) is 19.5. The fourth-order valence-corrected chi connectivity index (χ4v) is 4.97. The molecule has 1 saturated heterocycles. The number of carbonyl (C=O) groups excluding carboxylic acids is 1. The van der Waals surface area contributed by atoms with E-state index in [-0.39, 0.29) is 11.7 Å². The molecule has 0 bridgehead atoms. The third-order valence-corrected chi connectivity index (χ3v) is 7.12. The molecule has 5 rings (SSSR count). The Hall–Kier alpha value is -4.30. The summed E-state index contributed by atoms with van der Waals surface area (Å²) in [5, 5.41) is 0. The maximum Gasteiger partial charge on any atom is 0.289 e. The minimum atomic E-state index is -0.264. The summed E-state index contributed by atoms with van der Waals surface area (Å²) in [6.45, 7) is 4.35. The summed E-state index contributed by atoms with van der Waals surface area (Å²) in [6, 6.07) is 26.1. The van der Waals surface area contributed by atoms with E-state index < -0.39 is 0 Å². The number of amides is 1. The predicted octanol–water partition coefficient (Wildman–Crippen LogP) is 5.60. The highest BCUT2D eigenvalue weighted by Crippen LogP contribution is 2.23. The van der Waals surface area contributed by atoms with Crippen LogP contribution in [0.15, 0.2) is 89.3 Å². The van der Waals surface area contributed by atoms with E-state index in [0.29, 0.717) is 44.2 Å². The monoisotopic (exact) mass is 543 g/mol. The fourth-order valence-electron chi connectivity index (χ4n) is 4.97. The second-order valence-electron chi connectivity index (χ2n) is 9.87. The smallest absolute Gasteiger partial charge is 0.289 e. The second kappa shape index (κ2) is 12.7. The van der Waals surface area contributed by atoms with Crippen molar-refractivity contribution in [1.82, 2.24) is 9.80 Å². The normalized spacial score (nSPS) is 13.5. The topological polar surface area (TPSA) is 58.4 Å². The maximum absolute atomic E-state index is 13.9. The van der Waals surface area contributed by atoms with Gasteiger partial charge in [0.2, 0.25) is 0 Å². The van der Waals surface area contributed by atoms with Gasteiger partial charge in [0.25, 0.3) is 5.91 Å². The van der Waals surface area contributed by atoms with E-state index in [4.69, 9.17) is 13.9 Å². The molecule has 8 heteroatoms. The van der Waals surface area contributed by atoms with Crippen LogP contribution in [-0.4, -0.2) is 56.1 Å². The fraction of sp³-hybridized carbons (Fsp3) is 0.281. The van der Waals surface area contributed by atoms with Crippen molar-refractivity contribution in [3.63, 3.8) is 0 Å². The molecule has 0 radical (unpaired) electrons. The van der Waals surface area contributed by atoms with Crippen molar-refractivity contribution in [2.45, 2.75) is 19.6 Å². The van der Waals surface area contributed by atoms with Gasteiger partial charge in [-0.15, -0.1) is 0 Å². The first kappa shape index (κ1) is 27.3. The molecule has 7 nitrogen and oxygen atoms in total. The third-order valence-electron chi connectivity index (χ3n) is 7.12. The molecule has 1 amide bonds. The van der Waals surface area contributed by atoms with Gasteiger partial charge in [0.15, 0.2) is 5.76 Å². The van der Waals surface area contributed by atoms with Gasteiger partial charge in [-0.2, -0.15) is 0 Å². The molecule has 1 fully saturated rings. The summed E-state index contributed by atoms with van der Waals surface area (Å²) in [6.07, 6.45) is 0. The molecule has 40 heavy (non-hydrogen) atoms. The molecule has 1 aliphatic heterocycles. The van der Waals surface area contributed by atoms with Gasteiger partial charge in [0.1, 0.15) is 23.1 Å². The van der Waals surface area contributed by atoms with E-state index in [1.807, 2.05) is 65.6 Å². The van der Waals surface area contributed by atoms with Crippen LogP contribution in [0.25, 0.3) is 0 Å². The number of nitrogens with zero attached hydrogens (tertiary/aromatic N) is 3. The highest BCUT2D eigenvalue weighted by molar-refractivity contribution is 5.91. The van der Waals surface area contributed by atoms with Crippen molar-refractivity contribution in [2.75, 3.05) is 45.3 Å². The Balaban J connectivity index is 1.23. The molecule has 0 unspecified atom stereocenters. The predicted molar refractivity (Wildman–Crippen MR) is 152 cm³/mol. The van der Waals surface area contributed by atoms with Crippen molar-refractivity contribution in [3.8, 4) is 11.5 Å². The molecule has 4 aromatic rings. The number of rotatable bonds is 10. The summed E-state index contributed by atoms with van der Waals surface area (Å²) in [5.74, 6) is 2.27. The van der Waals surface area contributed by atoms with Gasteiger partial charge in [-0.3, -0.25) is 9.69 Å². The number of hydrogen-bond donors (Lipinski definition) is 0. The molecule has 0 atom stereocenters. The average molecular weight is 544 g/mol. The number of methoxy groups -OCH3 is 2. The first-order valence-electron chi connectivity index (χ1n) is 13.4. The van der Waals surface area contributed by atoms with Gasteiger partial charge in [-0.25, -0.2) is 4.39 Å². The van der Waals surface area contributed by atoms with Crippen molar-refractivity contribution in [3.05, 3.63) is 113 Å². The van der Waals surface area contributed by atoms with Crippen LogP contribution in [0.4, 0.5) is 10.1 Å². The number of anilines is 1. The zero-order chi connectivity index (χ0) is 27.9. The second-order valence-corrected chi connectivity index (χ2v) is 9.87. The Morgan fingerprint density at radius 2 is 1.45 bits per heavy atom. The molecule has 3 aromatic carbocycles.